The fourth-order valence-electron chi connectivity index (χ4n) is 2.31. The molecule has 1 aliphatic rings. The van der Waals surface area contributed by atoms with Gasteiger partial charge < -0.3 is 10.2 Å². The normalized spacial score (nSPS) is 46.8. The van der Waals surface area contributed by atoms with Crippen LogP contribution in [0.1, 0.15) is 40.5 Å². The summed E-state index contributed by atoms with van der Waals surface area (Å²) in [7, 11) is 0. The Morgan fingerprint density at radius 3 is 2.38 bits per heavy atom. The van der Waals surface area contributed by atoms with Crippen molar-refractivity contribution in [1.29, 1.82) is 0 Å². The zero-order chi connectivity index (χ0) is 10.2. The van der Waals surface area contributed by atoms with Crippen molar-refractivity contribution in [1.82, 2.24) is 0 Å². The fraction of sp³-hybridized carbons (Fsp3) is 1.00. The lowest BCUT2D eigenvalue weighted by Gasteiger charge is -2.43. The topological polar surface area (TPSA) is 40.5 Å². The van der Waals surface area contributed by atoms with Gasteiger partial charge in [0, 0.05) is 6.42 Å². The van der Waals surface area contributed by atoms with Crippen LogP contribution in [0.2, 0.25) is 0 Å². The summed E-state index contributed by atoms with van der Waals surface area (Å²) in [4.78, 5) is 0. The lowest BCUT2D eigenvalue weighted by atomic mass is 9.68. The summed E-state index contributed by atoms with van der Waals surface area (Å²) >= 11 is 0. The van der Waals surface area contributed by atoms with E-state index in [9.17, 15) is 10.2 Å². The predicted molar refractivity (Wildman–Crippen MR) is 53.4 cm³/mol. The quantitative estimate of drug-likeness (QED) is 0.655. The molecule has 2 nitrogen and oxygen atoms in total. The molecule has 0 aliphatic heterocycles. The molecule has 0 spiro atoms. The highest BCUT2D eigenvalue weighted by molar-refractivity contribution is 4.92. The minimum Gasteiger partial charge on any atom is -0.393 e. The van der Waals surface area contributed by atoms with Crippen molar-refractivity contribution in [3.05, 3.63) is 0 Å². The van der Waals surface area contributed by atoms with E-state index in [1.807, 2.05) is 6.92 Å². The molecule has 1 saturated carbocycles. The summed E-state index contributed by atoms with van der Waals surface area (Å²) in [6.07, 6.45) is 1.13. The molecule has 0 aromatic rings. The average Bonchev–Trinajstić information content (AvgIpc) is 1.95. The molecule has 4 unspecified atom stereocenters. The van der Waals surface area contributed by atoms with Crippen LogP contribution in [0.4, 0.5) is 0 Å². The highest BCUT2D eigenvalue weighted by atomic mass is 16.3. The SMILES string of the molecule is CC(C)C1CC(C)C(C)(O)CC1O. The molecule has 0 radical (unpaired) electrons. The second kappa shape index (κ2) is 3.58. The minimum atomic E-state index is -0.676. The van der Waals surface area contributed by atoms with Crippen molar-refractivity contribution in [2.75, 3.05) is 0 Å². The molecule has 4 atom stereocenters. The smallest absolute Gasteiger partial charge is 0.0670 e. The fourth-order valence-corrected chi connectivity index (χ4v) is 2.31. The van der Waals surface area contributed by atoms with E-state index in [1.54, 1.807) is 0 Å². The van der Waals surface area contributed by atoms with Crippen LogP contribution >= 0.6 is 0 Å². The van der Waals surface area contributed by atoms with Crippen molar-refractivity contribution in [2.45, 2.75) is 52.2 Å². The van der Waals surface area contributed by atoms with Gasteiger partial charge in [-0.3, -0.25) is 0 Å². The second-order valence-electron chi connectivity index (χ2n) is 5.17. The molecule has 0 aromatic carbocycles. The molecule has 78 valence electrons. The molecular formula is C11H22O2. The van der Waals surface area contributed by atoms with Crippen LogP contribution in [0, 0.1) is 17.8 Å². The number of hydrogen-bond acceptors (Lipinski definition) is 2. The van der Waals surface area contributed by atoms with Gasteiger partial charge in [0.2, 0.25) is 0 Å². The monoisotopic (exact) mass is 186 g/mol. The Morgan fingerprint density at radius 1 is 1.38 bits per heavy atom. The third-order valence-electron chi connectivity index (χ3n) is 3.66. The lowest BCUT2D eigenvalue weighted by Crippen LogP contribution is -2.47. The first-order valence-electron chi connectivity index (χ1n) is 5.25. The Hall–Kier alpha value is -0.0800. The van der Waals surface area contributed by atoms with Crippen LogP contribution in [0.3, 0.4) is 0 Å². The zero-order valence-electron chi connectivity index (χ0n) is 9.12. The molecule has 1 fully saturated rings. The van der Waals surface area contributed by atoms with Crippen LogP contribution in [0.25, 0.3) is 0 Å². The number of hydrogen-bond donors (Lipinski definition) is 2. The van der Waals surface area contributed by atoms with Crippen molar-refractivity contribution in [2.24, 2.45) is 17.8 Å². The second-order valence-corrected chi connectivity index (χ2v) is 5.17. The van der Waals surface area contributed by atoms with E-state index >= 15 is 0 Å². The molecule has 2 N–H and O–H groups in total. The van der Waals surface area contributed by atoms with Crippen molar-refractivity contribution in [3.63, 3.8) is 0 Å². The van der Waals surface area contributed by atoms with Crippen LogP contribution in [-0.4, -0.2) is 21.9 Å². The molecule has 0 saturated heterocycles. The van der Waals surface area contributed by atoms with Crippen molar-refractivity contribution < 1.29 is 10.2 Å². The van der Waals surface area contributed by atoms with E-state index in [0.29, 0.717) is 24.2 Å². The van der Waals surface area contributed by atoms with E-state index in [4.69, 9.17) is 0 Å². The molecule has 0 aromatic heterocycles. The van der Waals surface area contributed by atoms with Gasteiger partial charge in [-0.1, -0.05) is 20.8 Å². The summed E-state index contributed by atoms with van der Waals surface area (Å²) in [6, 6.07) is 0. The summed E-state index contributed by atoms with van der Waals surface area (Å²) in [6.45, 7) is 8.18. The van der Waals surface area contributed by atoms with E-state index in [2.05, 4.69) is 20.8 Å². The third-order valence-corrected chi connectivity index (χ3v) is 3.66. The highest BCUT2D eigenvalue weighted by Crippen LogP contribution is 2.39. The molecule has 0 bridgehead atoms. The zero-order valence-corrected chi connectivity index (χ0v) is 9.12. The van der Waals surface area contributed by atoms with Gasteiger partial charge >= 0.3 is 0 Å². The van der Waals surface area contributed by atoms with E-state index in [0.717, 1.165) is 6.42 Å². The lowest BCUT2D eigenvalue weighted by molar-refractivity contribution is -0.102. The Kier molecular flexibility index (Phi) is 3.03. The predicted octanol–water partition coefficient (Wildman–Crippen LogP) is 1.80. The number of rotatable bonds is 1. The molecule has 1 aliphatic carbocycles. The van der Waals surface area contributed by atoms with Crippen LogP contribution in [0.5, 0.6) is 0 Å². The first-order chi connectivity index (χ1) is 5.84. The molecule has 0 amide bonds. The molecule has 1 rings (SSSR count). The molecule has 2 heteroatoms. The van der Waals surface area contributed by atoms with E-state index in [1.165, 1.54) is 0 Å². The first kappa shape index (κ1) is 11.0. The van der Waals surface area contributed by atoms with E-state index in [-0.39, 0.29) is 6.10 Å². The van der Waals surface area contributed by atoms with E-state index < -0.39 is 5.60 Å². The summed E-state index contributed by atoms with van der Waals surface area (Å²) < 4.78 is 0. The van der Waals surface area contributed by atoms with Gasteiger partial charge in [0.25, 0.3) is 0 Å². The largest absolute Gasteiger partial charge is 0.393 e. The maximum absolute atomic E-state index is 9.95. The van der Waals surface area contributed by atoms with Crippen molar-refractivity contribution in [3.8, 4) is 0 Å². The Bertz CT molecular complexity index is 175. The Morgan fingerprint density at radius 2 is 1.92 bits per heavy atom. The summed E-state index contributed by atoms with van der Waals surface area (Å²) in [5.41, 5.74) is -0.676. The first-order valence-corrected chi connectivity index (χ1v) is 5.25. The van der Waals surface area contributed by atoms with Crippen molar-refractivity contribution >= 4 is 0 Å². The van der Waals surface area contributed by atoms with Gasteiger partial charge in [-0.25, -0.2) is 0 Å². The van der Waals surface area contributed by atoms with Crippen LogP contribution in [0.15, 0.2) is 0 Å². The number of aliphatic hydroxyl groups is 2. The minimum absolute atomic E-state index is 0.295. The standard InChI is InChI=1S/C11H22O2/c1-7(2)9-5-8(3)11(4,13)6-10(9)12/h7-10,12-13H,5-6H2,1-4H3. The van der Waals surface area contributed by atoms with Gasteiger partial charge in [0.1, 0.15) is 0 Å². The maximum atomic E-state index is 9.95. The number of aliphatic hydroxyl groups excluding tert-OH is 1. The van der Waals surface area contributed by atoms with Crippen LogP contribution in [-0.2, 0) is 0 Å². The van der Waals surface area contributed by atoms with Gasteiger partial charge in [0.05, 0.1) is 11.7 Å². The summed E-state index contributed by atoms with van der Waals surface area (Å²) in [5.74, 6) is 1.16. The van der Waals surface area contributed by atoms with Gasteiger partial charge in [0.15, 0.2) is 0 Å². The maximum Gasteiger partial charge on any atom is 0.0670 e. The third kappa shape index (κ3) is 2.23. The van der Waals surface area contributed by atoms with Crippen LogP contribution < -0.4 is 0 Å². The highest BCUT2D eigenvalue weighted by Gasteiger charge is 2.41. The Balaban J connectivity index is 2.67. The molecule has 13 heavy (non-hydrogen) atoms. The molecule has 0 heterocycles. The van der Waals surface area contributed by atoms with Gasteiger partial charge in [-0.05, 0) is 31.1 Å². The Labute approximate surface area is 81.0 Å². The molecular weight excluding hydrogens is 164 g/mol. The summed E-state index contributed by atoms with van der Waals surface area (Å²) in [5, 5.41) is 19.8. The average molecular weight is 186 g/mol. The van der Waals surface area contributed by atoms with Gasteiger partial charge in [-0.2, -0.15) is 0 Å². The van der Waals surface area contributed by atoms with Gasteiger partial charge in [-0.15, -0.1) is 0 Å².